The summed E-state index contributed by atoms with van der Waals surface area (Å²) in [6.45, 7) is 2.49. The van der Waals surface area contributed by atoms with E-state index in [0.717, 1.165) is 5.69 Å². The number of hydrogen-bond donors (Lipinski definition) is 1. The van der Waals surface area contributed by atoms with E-state index in [2.05, 4.69) is 5.32 Å². The second-order valence-corrected chi connectivity index (χ2v) is 5.23. The van der Waals surface area contributed by atoms with Crippen LogP contribution in [0, 0.1) is 5.82 Å². The molecule has 0 fully saturated rings. The van der Waals surface area contributed by atoms with Crippen LogP contribution in [-0.4, -0.2) is 12.6 Å². The van der Waals surface area contributed by atoms with Crippen LogP contribution in [0.1, 0.15) is 6.92 Å². The molecule has 1 N–H and O–H groups in total. The Labute approximate surface area is 127 Å². The summed E-state index contributed by atoms with van der Waals surface area (Å²) in [6, 6.07) is 11.3. The molecule has 2 rings (SSSR count). The van der Waals surface area contributed by atoms with Gasteiger partial charge in [-0.05, 0) is 49.4 Å². The molecular formula is C15H14Cl2FNO. The van der Waals surface area contributed by atoms with E-state index in [1.165, 1.54) is 12.1 Å². The highest BCUT2D eigenvalue weighted by Gasteiger charge is 2.08. The van der Waals surface area contributed by atoms with Gasteiger partial charge in [-0.25, -0.2) is 4.39 Å². The molecule has 1 atom stereocenters. The van der Waals surface area contributed by atoms with Crippen molar-refractivity contribution in [3.8, 4) is 5.75 Å². The fourth-order valence-electron chi connectivity index (χ4n) is 1.66. The van der Waals surface area contributed by atoms with Gasteiger partial charge in [0.15, 0.2) is 0 Å². The topological polar surface area (TPSA) is 21.3 Å². The van der Waals surface area contributed by atoms with Crippen LogP contribution >= 0.6 is 23.2 Å². The first-order chi connectivity index (χ1) is 9.54. The lowest BCUT2D eigenvalue weighted by Crippen LogP contribution is -2.22. The first-order valence-electron chi connectivity index (χ1n) is 6.16. The predicted molar refractivity (Wildman–Crippen MR) is 81.4 cm³/mol. The number of anilines is 1. The van der Waals surface area contributed by atoms with Crippen molar-refractivity contribution in [1.82, 2.24) is 0 Å². The van der Waals surface area contributed by atoms with Crippen LogP contribution in [-0.2, 0) is 0 Å². The average molecular weight is 314 g/mol. The summed E-state index contributed by atoms with van der Waals surface area (Å²) in [6.07, 6.45) is -0.0984. The zero-order valence-electron chi connectivity index (χ0n) is 10.9. The molecule has 1 unspecified atom stereocenters. The maximum absolute atomic E-state index is 12.8. The normalized spacial score (nSPS) is 12.0. The molecule has 0 saturated carbocycles. The summed E-state index contributed by atoms with van der Waals surface area (Å²) >= 11 is 11.9. The number of rotatable bonds is 5. The zero-order valence-corrected chi connectivity index (χ0v) is 12.4. The number of hydrogen-bond acceptors (Lipinski definition) is 2. The van der Waals surface area contributed by atoms with Gasteiger partial charge in [-0.3, -0.25) is 0 Å². The van der Waals surface area contributed by atoms with Crippen molar-refractivity contribution >= 4 is 28.9 Å². The highest BCUT2D eigenvalue weighted by molar-refractivity contribution is 6.35. The summed E-state index contributed by atoms with van der Waals surface area (Å²) in [5, 5.41) is 4.21. The number of benzene rings is 2. The standard InChI is InChI=1S/C15H14Cl2FNO/c1-10(9-19-13-5-3-12(18)4-6-13)20-15-7-2-11(16)8-14(15)17/h2-8,10,19H,9H2,1H3. The molecule has 2 aromatic rings. The fourth-order valence-corrected chi connectivity index (χ4v) is 2.11. The van der Waals surface area contributed by atoms with Crippen molar-refractivity contribution in [3.63, 3.8) is 0 Å². The lowest BCUT2D eigenvalue weighted by atomic mass is 10.3. The molecule has 20 heavy (non-hydrogen) atoms. The van der Waals surface area contributed by atoms with Gasteiger partial charge in [-0.15, -0.1) is 0 Å². The van der Waals surface area contributed by atoms with Crippen molar-refractivity contribution in [1.29, 1.82) is 0 Å². The van der Waals surface area contributed by atoms with Crippen molar-refractivity contribution < 1.29 is 9.13 Å². The third-order valence-electron chi connectivity index (χ3n) is 2.66. The highest BCUT2D eigenvalue weighted by atomic mass is 35.5. The van der Waals surface area contributed by atoms with Crippen LogP contribution in [0.25, 0.3) is 0 Å². The molecule has 106 valence electrons. The molecule has 2 aromatic carbocycles. The molecule has 0 radical (unpaired) electrons. The molecule has 2 nitrogen and oxygen atoms in total. The summed E-state index contributed by atoms with van der Waals surface area (Å²) in [5.41, 5.74) is 0.837. The van der Waals surface area contributed by atoms with E-state index in [1.807, 2.05) is 6.92 Å². The summed E-state index contributed by atoms with van der Waals surface area (Å²) in [5.74, 6) is 0.331. The molecule has 0 aromatic heterocycles. The third-order valence-corrected chi connectivity index (χ3v) is 3.19. The van der Waals surface area contributed by atoms with Crippen LogP contribution in [0.2, 0.25) is 10.0 Å². The Morgan fingerprint density at radius 1 is 1.15 bits per heavy atom. The Balaban J connectivity index is 1.89. The van der Waals surface area contributed by atoms with Crippen molar-refractivity contribution in [2.45, 2.75) is 13.0 Å². The van der Waals surface area contributed by atoms with E-state index in [-0.39, 0.29) is 11.9 Å². The molecule has 0 aliphatic rings. The van der Waals surface area contributed by atoms with Gasteiger partial charge in [-0.1, -0.05) is 23.2 Å². The smallest absolute Gasteiger partial charge is 0.138 e. The number of nitrogens with one attached hydrogen (secondary N) is 1. The van der Waals surface area contributed by atoms with E-state index in [9.17, 15) is 4.39 Å². The van der Waals surface area contributed by atoms with Crippen LogP contribution < -0.4 is 10.1 Å². The SMILES string of the molecule is CC(CNc1ccc(F)cc1)Oc1ccc(Cl)cc1Cl. The molecule has 0 aliphatic carbocycles. The summed E-state index contributed by atoms with van der Waals surface area (Å²) in [4.78, 5) is 0. The largest absolute Gasteiger partial charge is 0.487 e. The van der Waals surface area contributed by atoms with Crippen LogP contribution in [0.4, 0.5) is 10.1 Å². The van der Waals surface area contributed by atoms with Crippen molar-refractivity contribution in [2.24, 2.45) is 0 Å². The maximum Gasteiger partial charge on any atom is 0.138 e. The van der Waals surface area contributed by atoms with Gasteiger partial charge in [-0.2, -0.15) is 0 Å². The minimum atomic E-state index is -0.257. The minimum Gasteiger partial charge on any atom is -0.487 e. The van der Waals surface area contributed by atoms with Crippen molar-refractivity contribution in [3.05, 3.63) is 58.3 Å². The molecule has 0 aliphatic heterocycles. The van der Waals surface area contributed by atoms with Gasteiger partial charge in [0.05, 0.1) is 11.6 Å². The maximum atomic E-state index is 12.8. The quantitative estimate of drug-likeness (QED) is 0.837. The first kappa shape index (κ1) is 14.9. The monoisotopic (exact) mass is 313 g/mol. The van der Waals surface area contributed by atoms with Gasteiger partial charge in [0.1, 0.15) is 17.7 Å². The third kappa shape index (κ3) is 4.29. The second-order valence-electron chi connectivity index (χ2n) is 4.39. The zero-order chi connectivity index (χ0) is 14.5. The molecule has 0 bridgehead atoms. The summed E-state index contributed by atoms with van der Waals surface area (Å²) < 4.78 is 18.5. The van der Waals surface area contributed by atoms with Gasteiger partial charge < -0.3 is 10.1 Å². The van der Waals surface area contributed by atoms with Crippen LogP contribution in [0.15, 0.2) is 42.5 Å². The predicted octanol–water partition coefficient (Wildman–Crippen LogP) is 5.01. The van der Waals surface area contributed by atoms with Gasteiger partial charge in [0.2, 0.25) is 0 Å². The van der Waals surface area contributed by atoms with Crippen LogP contribution in [0.3, 0.4) is 0 Å². The molecule has 0 amide bonds. The van der Waals surface area contributed by atoms with Crippen LogP contribution in [0.5, 0.6) is 5.75 Å². The molecular weight excluding hydrogens is 300 g/mol. The Hall–Kier alpha value is -1.45. The van der Waals surface area contributed by atoms with Crippen molar-refractivity contribution in [2.75, 3.05) is 11.9 Å². The van der Waals surface area contributed by atoms with Gasteiger partial charge in [0.25, 0.3) is 0 Å². The van der Waals surface area contributed by atoms with Gasteiger partial charge in [0, 0.05) is 10.7 Å². The van der Waals surface area contributed by atoms with E-state index in [4.69, 9.17) is 27.9 Å². The number of ether oxygens (including phenoxy) is 1. The van der Waals surface area contributed by atoms with Gasteiger partial charge >= 0.3 is 0 Å². The Morgan fingerprint density at radius 2 is 1.85 bits per heavy atom. The second kappa shape index (κ2) is 6.82. The van der Waals surface area contributed by atoms with E-state index in [0.29, 0.717) is 22.3 Å². The Morgan fingerprint density at radius 3 is 2.50 bits per heavy atom. The minimum absolute atomic E-state index is 0.0984. The lowest BCUT2D eigenvalue weighted by molar-refractivity contribution is 0.235. The average Bonchev–Trinajstić information content (AvgIpc) is 2.41. The fraction of sp³-hybridized carbons (Fsp3) is 0.200. The van der Waals surface area contributed by atoms with E-state index < -0.39 is 0 Å². The highest BCUT2D eigenvalue weighted by Crippen LogP contribution is 2.28. The summed E-state index contributed by atoms with van der Waals surface area (Å²) in [7, 11) is 0. The van der Waals surface area contributed by atoms with E-state index >= 15 is 0 Å². The molecule has 0 saturated heterocycles. The lowest BCUT2D eigenvalue weighted by Gasteiger charge is -2.17. The van der Waals surface area contributed by atoms with E-state index in [1.54, 1.807) is 30.3 Å². The first-order valence-corrected chi connectivity index (χ1v) is 6.91. The Kier molecular flexibility index (Phi) is 5.10. The molecule has 5 heteroatoms. The Bertz CT molecular complexity index is 575. The molecule has 0 heterocycles. The number of halogens is 3. The molecule has 0 spiro atoms.